The van der Waals surface area contributed by atoms with Gasteiger partial charge in [0.2, 0.25) is 31.2 Å². The van der Waals surface area contributed by atoms with Gasteiger partial charge in [-0.1, -0.05) is 0 Å². The van der Waals surface area contributed by atoms with E-state index in [9.17, 15) is 59.3 Å². The fourth-order valence-corrected chi connectivity index (χ4v) is 5.98. The summed E-state index contributed by atoms with van der Waals surface area (Å²) >= 11 is 0. The fourth-order valence-electron chi connectivity index (χ4n) is 4.63. The molecule has 20 nitrogen and oxygen atoms in total. The molecule has 0 amide bonds. The van der Waals surface area contributed by atoms with Gasteiger partial charge in [0.15, 0.2) is 0 Å². The average molecular weight is 664 g/mol. The number of aliphatic hydroxyl groups is 4. The zero-order valence-corrected chi connectivity index (χ0v) is 23.9. The van der Waals surface area contributed by atoms with Gasteiger partial charge in [0.1, 0.15) is 30.0 Å². The summed E-state index contributed by atoms with van der Waals surface area (Å²) in [4.78, 5) is 0. The van der Waals surface area contributed by atoms with Gasteiger partial charge in [-0.05, 0) is 6.92 Å². The lowest BCUT2D eigenvalue weighted by Gasteiger charge is -2.49. The number of hydrogen-bond acceptors (Lipinski definition) is 20. The lowest BCUT2D eigenvalue weighted by molar-refractivity contribution is -0.268. The Morgan fingerprint density at radius 3 is 1.85 bits per heavy atom. The molecule has 2 rings (SSSR count). The Bertz CT molecular complexity index is 1160. The maximum absolute atomic E-state index is 11.4. The van der Waals surface area contributed by atoms with Crippen molar-refractivity contribution in [1.29, 1.82) is 0 Å². The van der Waals surface area contributed by atoms with Crippen LogP contribution in [0.25, 0.3) is 0 Å². The van der Waals surface area contributed by atoms with Gasteiger partial charge >= 0.3 is 0 Å². The molecule has 2 aliphatic rings. The van der Waals surface area contributed by atoms with Gasteiger partial charge in [-0.25, -0.2) is 25.3 Å². The summed E-state index contributed by atoms with van der Waals surface area (Å²) in [7, 11) is -15.0. The van der Waals surface area contributed by atoms with Crippen molar-refractivity contribution >= 4 is 31.2 Å². The van der Waals surface area contributed by atoms with E-state index in [1.54, 1.807) is 0 Å². The maximum atomic E-state index is 11.4. The van der Waals surface area contributed by atoms with Gasteiger partial charge in [-0.15, -0.1) is 0 Å². The molecule has 0 bridgehead atoms. The van der Waals surface area contributed by atoms with Crippen LogP contribution in [0, 0.1) is 11.8 Å². The second kappa shape index (κ2) is 14.4. The van der Waals surface area contributed by atoms with E-state index in [4.69, 9.17) is 18.9 Å². The van der Waals surface area contributed by atoms with E-state index in [0.29, 0.717) is 0 Å². The molecular weight excluding hydrogens is 632 g/mol. The Balaban J connectivity index is 2.33. The Hall–Kier alpha value is -0.710. The summed E-state index contributed by atoms with van der Waals surface area (Å²) in [6, 6.07) is 0. The van der Waals surface area contributed by atoms with Crippen LogP contribution in [-0.2, 0) is 62.7 Å². The Kier molecular flexibility index (Phi) is 12.8. The summed E-state index contributed by atoms with van der Waals surface area (Å²) in [6.45, 7) is -3.46. The molecule has 4 unspecified atom stereocenters. The highest BCUT2D eigenvalue weighted by molar-refractivity contribution is 7.81. The molecule has 0 aliphatic carbocycles. The molecule has 0 radical (unpaired) electrons. The third kappa shape index (κ3) is 10.5. The zero-order valence-electron chi connectivity index (χ0n) is 21.5. The van der Waals surface area contributed by atoms with Crippen LogP contribution in [0.2, 0.25) is 0 Å². The van der Waals surface area contributed by atoms with Crippen molar-refractivity contribution in [1.82, 2.24) is 0 Å². The molecule has 2 saturated heterocycles. The molecule has 0 aromatic rings. The van der Waals surface area contributed by atoms with Gasteiger partial charge in [0.25, 0.3) is 0 Å². The predicted octanol–water partition coefficient (Wildman–Crippen LogP) is -5.32. The average Bonchev–Trinajstić information content (AvgIpc) is 2.83. The van der Waals surface area contributed by atoms with Crippen molar-refractivity contribution < 1.29 is 90.8 Å². The van der Waals surface area contributed by atoms with Crippen molar-refractivity contribution in [3.63, 3.8) is 0 Å². The number of methoxy groups -OCH3 is 1. The second-order valence-electron chi connectivity index (χ2n) is 9.41. The molecule has 0 aromatic carbocycles. The molecule has 2 heterocycles. The van der Waals surface area contributed by atoms with E-state index in [-0.39, 0.29) is 6.61 Å². The van der Waals surface area contributed by atoms with Crippen LogP contribution < -0.4 is 0 Å². The van der Waals surface area contributed by atoms with Crippen LogP contribution in [0.1, 0.15) is 6.92 Å². The summed E-state index contributed by atoms with van der Waals surface area (Å²) in [6.07, 6.45) is -12.2. The lowest BCUT2D eigenvalue weighted by atomic mass is 9.80. The first-order valence-corrected chi connectivity index (χ1v) is 15.6. The van der Waals surface area contributed by atoms with Crippen LogP contribution in [0.4, 0.5) is 0 Å². The van der Waals surface area contributed by atoms with Crippen LogP contribution in [-0.4, -0.2) is 154 Å². The first-order valence-electron chi connectivity index (χ1n) is 11.6. The minimum Gasteiger partial charge on any atom is -0.726 e. The van der Waals surface area contributed by atoms with Crippen molar-refractivity contribution in [2.45, 2.75) is 55.3 Å². The molecule has 23 heteroatoms. The highest BCUT2D eigenvalue weighted by atomic mass is 32.3. The largest absolute Gasteiger partial charge is 0.726 e. The monoisotopic (exact) mass is 663 g/mol. The van der Waals surface area contributed by atoms with Crippen molar-refractivity contribution in [3.8, 4) is 0 Å². The molecule has 244 valence electrons. The lowest BCUT2D eigenvalue weighted by Crippen LogP contribution is -2.64. The van der Waals surface area contributed by atoms with Crippen molar-refractivity contribution in [2.75, 3.05) is 46.8 Å². The highest BCUT2D eigenvalue weighted by Crippen LogP contribution is 2.37. The first-order chi connectivity index (χ1) is 18.7. The van der Waals surface area contributed by atoms with Crippen molar-refractivity contribution in [2.24, 2.45) is 11.8 Å². The Labute approximate surface area is 235 Å². The van der Waals surface area contributed by atoms with Crippen LogP contribution in [0.15, 0.2) is 0 Å². The second-order valence-corrected chi connectivity index (χ2v) is 12.5. The van der Waals surface area contributed by atoms with Gasteiger partial charge in [-0.3, -0.25) is 12.5 Å². The molecule has 0 aromatic heterocycles. The SMILES string of the molecule is COC[C@H]1C(OS(=O)(=O)[O-])[C@H](COC[C@H]2C(COS(=O)(=O)[O-])O[C@H](CO)C(OS(=O)(=O)[O-])[C@@H]2O)OC(C)(CO)[C@@H]1O. The number of ether oxygens (including phenoxy) is 4. The Morgan fingerprint density at radius 1 is 0.780 bits per heavy atom. The van der Waals surface area contributed by atoms with E-state index in [0.717, 1.165) is 0 Å². The van der Waals surface area contributed by atoms with E-state index in [1.165, 1.54) is 14.0 Å². The van der Waals surface area contributed by atoms with Gasteiger partial charge < -0.3 is 53.0 Å². The molecular formula is C18H31O20S3-3. The molecule has 41 heavy (non-hydrogen) atoms. The summed E-state index contributed by atoms with van der Waals surface area (Å²) in [5.41, 5.74) is -1.74. The Morgan fingerprint density at radius 2 is 1.37 bits per heavy atom. The standard InChI is InChI=1S/C18H34O20S3/c1-18(8-20)17(22)10(4-32-2)15(37-40(26,27)28)13(36-18)6-33-5-9-12(7-34-39(23,24)25)35-11(3-19)16(14(9)21)38-41(29,30)31/h9-17,19-22H,3-8H2,1-2H3,(H,23,24,25)(H,26,27,28)(H,29,30,31)/p-3/t9-,10-,11+,12?,13-,14+,15?,16?,17+,18?/m0/s1. The van der Waals surface area contributed by atoms with Crippen molar-refractivity contribution in [3.05, 3.63) is 0 Å². The zero-order chi connectivity index (χ0) is 31.4. The molecule has 2 fully saturated rings. The molecule has 0 saturated carbocycles. The van der Waals surface area contributed by atoms with Crippen LogP contribution in [0.5, 0.6) is 0 Å². The minimum atomic E-state index is -5.47. The fraction of sp³-hybridized carbons (Fsp3) is 1.00. The maximum Gasteiger partial charge on any atom is 0.218 e. The molecule has 4 N–H and O–H groups in total. The topological polar surface area (TPSA) is 317 Å². The molecule has 0 spiro atoms. The molecule has 2 aliphatic heterocycles. The van der Waals surface area contributed by atoms with Crippen LogP contribution >= 0.6 is 0 Å². The normalized spacial score (nSPS) is 37.2. The quantitative estimate of drug-likeness (QED) is 0.0938. The van der Waals surface area contributed by atoms with E-state index in [1.807, 2.05) is 0 Å². The smallest absolute Gasteiger partial charge is 0.218 e. The third-order valence-corrected chi connectivity index (χ3v) is 7.83. The number of hydrogen-bond donors (Lipinski definition) is 4. The third-order valence-electron chi connectivity index (χ3n) is 6.49. The number of aliphatic hydroxyl groups excluding tert-OH is 4. The van der Waals surface area contributed by atoms with Gasteiger partial charge in [0.05, 0.1) is 58.0 Å². The first kappa shape index (κ1) is 36.5. The van der Waals surface area contributed by atoms with E-state index >= 15 is 0 Å². The summed E-state index contributed by atoms with van der Waals surface area (Å²) < 4.78 is 135. The molecule has 10 atom stereocenters. The predicted molar refractivity (Wildman–Crippen MR) is 123 cm³/mol. The van der Waals surface area contributed by atoms with Gasteiger partial charge in [0, 0.05) is 18.9 Å². The van der Waals surface area contributed by atoms with E-state index < -0.39 is 124 Å². The van der Waals surface area contributed by atoms with Gasteiger partial charge in [-0.2, -0.15) is 0 Å². The number of rotatable bonds is 15. The highest BCUT2D eigenvalue weighted by Gasteiger charge is 2.53. The van der Waals surface area contributed by atoms with E-state index in [2.05, 4.69) is 12.5 Å². The summed E-state index contributed by atoms with van der Waals surface area (Å²) in [5, 5.41) is 40.7. The van der Waals surface area contributed by atoms with Crippen LogP contribution in [0.3, 0.4) is 0 Å². The minimum absolute atomic E-state index is 0.375. The summed E-state index contributed by atoms with van der Waals surface area (Å²) in [5.74, 6) is -2.79.